The molecule has 0 aliphatic carbocycles. The number of carbonyl (C=O) groups excluding carboxylic acids is 2. The summed E-state index contributed by atoms with van der Waals surface area (Å²) in [5, 5.41) is 13.7. The van der Waals surface area contributed by atoms with E-state index in [-0.39, 0.29) is 23.8 Å². The number of anilines is 1. The lowest BCUT2D eigenvalue weighted by Crippen LogP contribution is -2.40. The fourth-order valence-electron chi connectivity index (χ4n) is 3.50. The third-order valence-corrected chi connectivity index (χ3v) is 6.28. The van der Waals surface area contributed by atoms with Crippen molar-refractivity contribution in [1.82, 2.24) is 10.2 Å². The molecule has 1 N–H and O–H groups in total. The first-order chi connectivity index (χ1) is 15.1. The summed E-state index contributed by atoms with van der Waals surface area (Å²) in [6, 6.07) is 12.5. The van der Waals surface area contributed by atoms with Crippen molar-refractivity contribution in [1.29, 1.82) is 0 Å². The summed E-state index contributed by atoms with van der Waals surface area (Å²) in [5.41, 5.74) is 1.48. The SMILES string of the molecule is CS(=O)(=O)N(CC(=O)NCc1ccccc1CN1CCCC1=O)c1cccc([N+](=O)[O-])c1. The third kappa shape index (κ3) is 5.82. The first-order valence-corrected chi connectivity index (χ1v) is 11.8. The topological polar surface area (TPSA) is 130 Å². The number of non-ortho nitro benzene ring substituents is 1. The van der Waals surface area contributed by atoms with E-state index in [9.17, 15) is 28.1 Å². The highest BCUT2D eigenvalue weighted by Crippen LogP contribution is 2.23. The van der Waals surface area contributed by atoms with Crippen molar-refractivity contribution in [3.8, 4) is 0 Å². The van der Waals surface area contributed by atoms with Gasteiger partial charge in [0.1, 0.15) is 6.54 Å². The Hall–Kier alpha value is -3.47. The van der Waals surface area contributed by atoms with Crippen LogP contribution in [-0.2, 0) is 32.7 Å². The fourth-order valence-corrected chi connectivity index (χ4v) is 4.35. The Morgan fingerprint density at radius 1 is 1.19 bits per heavy atom. The molecule has 3 rings (SSSR count). The van der Waals surface area contributed by atoms with Crippen molar-refractivity contribution in [2.24, 2.45) is 0 Å². The highest BCUT2D eigenvalue weighted by atomic mass is 32.2. The van der Waals surface area contributed by atoms with Crippen molar-refractivity contribution in [3.05, 3.63) is 69.8 Å². The van der Waals surface area contributed by atoms with Crippen molar-refractivity contribution in [3.63, 3.8) is 0 Å². The molecule has 0 spiro atoms. The second-order valence-electron chi connectivity index (χ2n) is 7.51. The van der Waals surface area contributed by atoms with E-state index in [1.807, 2.05) is 24.3 Å². The summed E-state index contributed by atoms with van der Waals surface area (Å²) >= 11 is 0. The normalized spacial score (nSPS) is 13.8. The summed E-state index contributed by atoms with van der Waals surface area (Å²) in [7, 11) is -3.86. The maximum atomic E-state index is 12.6. The first-order valence-electron chi connectivity index (χ1n) is 9.98. The van der Waals surface area contributed by atoms with E-state index >= 15 is 0 Å². The molecule has 1 fully saturated rings. The zero-order valence-electron chi connectivity index (χ0n) is 17.6. The van der Waals surface area contributed by atoms with E-state index in [1.54, 1.807) is 4.90 Å². The minimum Gasteiger partial charge on any atom is -0.350 e. The van der Waals surface area contributed by atoms with Crippen molar-refractivity contribution in [2.75, 3.05) is 23.7 Å². The van der Waals surface area contributed by atoms with Crippen LogP contribution in [0.25, 0.3) is 0 Å². The molecule has 2 amide bonds. The second-order valence-corrected chi connectivity index (χ2v) is 9.42. The van der Waals surface area contributed by atoms with Gasteiger partial charge >= 0.3 is 0 Å². The van der Waals surface area contributed by atoms with Gasteiger partial charge in [-0.15, -0.1) is 0 Å². The van der Waals surface area contributed by atoms with Crippen LogP contribution in [0.2, 0.25) is 0 Å². The number of hydrogen-bond donors (Lipinski definition) is 1. The Bertz CT molecular complexity index is 1130. The Balaban J connectivity index is 1.70. The molecule has 0 atom stereocenters. The maximum absolute atomic E-state index is 12.6. The minimum atomic E-state index is -3.86. The average Bonchev–Trinajstić information content (AvgIpc) is 3.15. The van der Waals surface area contributed by atoms with Crippen LogP contribution in [0.4, 0.5) is 11.4 Å². The van der Waals surface area contributed by atoms with E-state index in [1.165, 1.54) is 18.2 Å². The number of sulfonamides is 1. The van der Waals surface area contributed by atoms with Gasteiger partial charge in [-0.1, -0.05) is 30.3 Å². The molecule has 170 valence electrons. The summed E-state index contributed by atoms with van der Waals surface area (Å²) in [6.45, 7) is 0.788. The monoisotopic (exact) mass is 460 g/mol. The number of nitrogens with zero attached hydrogens (tertiary/aromatic N) is 3. The molecule has 0 bridgehead atoms. The second kappa shape index (κ2) is 9.77. The van der Waals surface area contributed by atoms with E-state index < -0.39 is 27.4 Å². The molecule has 1 aliphatic heterocycles. The molecule has 0 aromatic heterocycles. The van der Waals surface area contributed by atoms with Gasteiger partial charge in [-0.05, 0) is 23.6 Å². The molecule has 0 unspecified atom stereocenters. The highest BCUT2D eigenvalue weighted by molar-refractivity contribution is 7.92. The number of carbonyl (C=O) groups is 2. The summed E-state index contributed by atoms with van der Waals surface area (Å²) in [4.78, 5) is 36.6. The molecule has 32 heavy (non-hydrogen) atoms. The van der Waals surface area contributed by atoms with Crippen LogP contribution >= 0.6 is 0 Å². The van der Waals surface area contributed by atoms with Crippen molar-refractivity contribution < 1.29 is 22.9 Å². The van der Waals surface area contributed by atoms with E-state index in [4.69, 9.17) is 0 Å². The number of nitrogens with one attached hydrogen (secondary N) is 1. The van der Waals surface area contributed by atoms with Gasteiger partial charge in [0.05, 0.1) is 16.9 Å². The van der Waals surface area contributed by atoms with Gasteiger partial charge in [-0.2, -0.15) is 0 Å². The molecule has 1 saturated heterocycles. The summed E-state index contributed by atoms with van der Waals surface area (Å²) in [6.07, 6.45) is 2.30. The van der Waals surface area contributed by atoms with E-state index in [2.05, 4.69) is 5.32 Å². The van der Waals surface area contributed by atoms with Gasteiger partial charge in [0.15, 0.2) is 0 Å². The van der Waals surface area contributed by atoms with E-state index in [0.717, 1.165) is 34.2 Å². The Morgan fingerprint density at radius 3 is 2.53 bits per heavy atom. The van der Waals surface area contributed by atoms with Gasteiger partial charge in [0.25, 0.3) is 5.69 Å². The lowest BCUT2D eigenvalue weighted by Gasteiger charge is -2.22. The van der Waals surface area contributed by atoms with Crippen molar-refractivity contribution in [2.45, 2.75) is 25.9 Å². The van der Waals surface area contributed by atoms with Crippen molar-refractivity contribution >= 4 is 33.2 Å². The number of amides is 2. The molecule has 2 aromatic rings. The lowest BCUT2D eigenvalue weighted by molar-refractivity contribution is -0.384. The van der Waals surface area contributed by atoms with Crippen LogP contribution in [0, 0.1) is 10.1 Å². The van der Waals surface area contributed by atoms with E-state index in [0.29, 0.717) is 19.5 Å². The number of benzene rings is 2. The Morgan fingerprint density at radius 2 is 1.91 bits per heavy atom. The van der Waals surface area contributed by atoms with Crippen LogP contribution in [-0.4, -0.2) is 49.4 Å². The quantitative estimate of drug-likeness (QED) is 0.449. The summed E-state index contributed by atoms with van der Waals surface area (Å²) in [5.74, 6) is -0.460. The van der Waals surface area contributed by atoms with Crippen LogP contribution in [0.3, 0.4) is 0 Å². The summed E-state index contributed by atoms with van der Waals surface area (Å²) < 4.78 is 25.3. The smallest absolute Gasteiger partial charge is 0.271 e. The maximum Gasteiger partial charge on any atom is 0.271 e. The average molecular weight is 461 g/mol. The molecular formula is C21H24N4O6S. The van der Waals surface area contributed by atoms with Gasteiger partial charge in [0.2, 0.25) is 21.8 Å². The van der Waals surface area contributed by atoms with Crippen LogP contribution in [0.1, 0.15) is 24.0 Å². The zero-order valence-corrected chi connectivity index (χ0v) is 18.4. The lowest BCUT2D eigenvalue weighted by atomic mass is 10.1. The predicted molar refractivity (Wildman–Crippen MR) is 118 cm³/mol. The number of nitro groups is 1. The number of nitro benzene ring substituents is 1. The Labute approximate surface area is 186 Å². The Kier molecular flexibility index (Phi) is 7.08. The molecule has 1 heterocycles. The van der Waals surface area contributed by atoms with Crippen LogP contribution in [0.15, 0.2) is 48.5 Å². The van der Waals surface area contributed by atoms with Crippen LogP contribution in [0.5, 0.6) is 0 Å². The zero-order chi connectivity index (χ0) is 23.3. The fraction of sp³-hybridized carbons (Fsp3) is 0.333. The molecule has 11 heteroatoms. The number of hydrogen-bond acceptors (Lipinski definition) is 6. The molecule has 10 nitrogen and oxygen atoms in total. The highest BCUT2D eigenvalue weighted by Gasteiger charge is 2.23. The largest absolute Gasteiger partial charge is 0.350 e. The number of likely N-dealkylation sites (tertiary alicyclic amines) is 1. The molecular weight excluding hydrogens is 436 g/mol. The first kappa shape index (κ1) is 23.2. The third-order valence-electron chi connectivity index (χ3n) is 5.14. The van der Waals surface area contributed by atoms with Gasteiger partial charge in [0, 0.05) is 38.2 Å². The molecule has 2 aromatic carbocycles. The van der Waals surface area contributed by atoms with Gasteiger partial charge in [-0.25, -0.2) is 8.42 Å². The van der Waals surface area contributed by atoms with Gasteiger partial charge < -0.3 is 10.2 Å². The molecule has 1 aliphatic rings. The number of rotatable bonds is 9. The van der Waals surface area contributed by atoms with Crippen LogP contribution < -0.4 is 9.62 Å². The minimum absolute atomic E-state index is 0.0322. The standard InChI is InChI=1S/C21H24N4O6S/c1-32(30,31)24(18-8-4-9-19(12-18)25(28)29)15-20(26)22-13-16-6-2-3-7-17(16)14-23-11-5-10-21(23)27/h2-4,6-9,12H,5,10-11,13-15H2,1H3,(H,22,26). The molecule has 0 radical (unpaired) electrons. The predicted octanol–water partition coefficient (Wildman–Crippen LogP) is 1.80. The van der Waals surface area contributed by atoms with Gasteiger partial charge in [-0.3, -0.25) is 24.0 Å². The molecule has 0 saturated carbocycles.